The van der Waals surface area contributed by atoms with Gasteiger partial charge in [0.05, 0.1) is 20.4 Å². The SMILES string of the molecule is C#CCN1C(=O)S/C(=C/c2cc(Br)c(OCc3ccc(Br)cc3)c(Br)c2)C1=O. The van der Waals surface area contributed by atoms with Crippen LogP contribution in [0, 0.1) is 12.3 Å². The molecule has 0 aliphatic carbocycles. The number of imide groups is 1. The van der Waals surface area contributed by atoms with E-state index >= 15 is 0 Å². The Hall–Kier alpha value is -1.53. The Balaban J connectivity index is 1.78. The molecule has 0 bridgehead atoms. The first-order valence-electron chi connectivity index (χ1n) is 7.94. The number of thioether (sulfide) groups is 1. The molecule has 0 aromatic heterocycles. The fourth-order valence-electron chi connectivity index (χ4n) is 2.42. The first-order chi connectivity index (χ1) is 13.4. The topological polar surface area (TPSA) is 46.6 Å². The van der Waals surface area contributed by atoms with Gasteiger partial charge in [0.2, 0.25) is 0 Å². The Labute approximate surface area is 192 Å². The van der Waals surface area contributed by atoms with Crippen molar-refractivity contribution < 1.29 is 14.3 Å². The molecule has 2 aromatic rings. The fourth-order valence-corrected chi connectivity index (χ4v) is 4.97. The number of nitrogens with zero attached hydrogens (tertiary/aromatic N) is 1. The van der Waals surface area contributed by atoms with E-state index in [0.29, 0.717) is 17.3 Å². The number of rotatable bonds is 5. The molecular formula is C20H12Br3NO3S. The monoisotopic (exact) mass is 583 g/mol. The summed E-state index contributed by atoms with van der Waals surface area (Å²) in [6.07, 6.45) is 6.87. The summed E-state index contributed by atoms with van der Waals surface area (Å²) in [7, 11) is 0. The average Bonchev–Trinajstić information content (AvgIpc) is 2.90. The standard InChI is InChI=1S/C20H12Br3NO3S/c1-2-7-24-19(25)17(28-20(24)26)10-13-8-15(22)18(16(23)9-13)27-11-12-3-5-14(21)6-4-12/h1,3-6,8-10H,7,11H2/b17-10+. The second-order valence-corrected chi connectivity index (χ2v) is 9.32. The molecule has 2 aromatic carbocycles. The van der Waals surface area contributed by atoms with E-state index in [2.05, 4.69) is 53.7 Å². The van der Waals surface area contributed by atoms with E-state index in [4.69, 9.17) is 11.2 Å². The lowest BCUT2D eigenvalue weighted by atomic mass is 10.2. The maximum atomic E-state index is 12.3. The zero-order chi connectivity index (χ0) is 20.3. The number of terminal acetylenes is 1. The van der Waals surface area contributed by atoms with Crippen LogP contribution in [0.25, 0.3) is 6.08 Å². The van der Waals surface area contributed by atoms with E-state index in [1.807, 2.05) is 36.4 Å². The summed E-state index contributed by atoms with van der Waals surface area (Å²) in [5, 5.41) is -0.359. The van der Waals surface area contributed by atoms with Crippen LogP contribution >= 0.6 is 59.6 Å². The highest BCUT2D eigenvalue weighted by Gasteiger charge is 2.34. The first kappa shape index (κ1) is 21.2. The number of hydrogen-bond acceptors (Lipinski definition) is 4. The van der Waals surface area contributed by atoms with Gasteiger partial charge in [0, 0.05) is 4.47 Å². The van der Waals surface area contributed by atoms with Crippen LogP contribution in [0.4, 0.5) is 4.79 Å². The van der Waals surface area contributed by atoms with Gasteiger partial charge >= 0.3 is 0 Å². The lowest BCUT2D eigenvalue weighted by Crippen LogP contribution is -2.28. The van der Waals surface area contributed by atoms with Gasteiger partial charge in [-0.05, 0) is 85.1 Å². The molecule has 0 N–H and O–H groups in total. The number of halogens is 3. The molecule has 0 saturated carbocycles. The minimum Gasteiger partial charge on any atom is -0.487 e. The number of carbonyl (C=O) groups excluding carboxylic acids is 2. The minimum absolute atomic E-state index is 0.0295. The predicted molar refractivity (Wildman–Crippen MR) is 122 cm³/mol. The van der Waals surface area contributed by atoms with E-state index in [0.717, 1.165) is 41.2 Å². The third-order valence-electron chi connectivity index (χ3n) is 3.74. The van der Waals surface area contributed by atoms with Gasteiger partial charge in [-0.1, -0.05) is 34.0 Å². The Kier molecular flexibility index (Phi) is 7.05. The van der Waals surface area contributed by atoms with Crippen LogP contribution in [0.3, 0.4) is 0 Å². The van der Waals surface area contributed by atoms with Crippen LogP contribution in [0.5, 0.6) is 5.75 Å². The van der Waals surface area contributed by atoms with Crippen LogP contribution in [0.1, 0.15) is 11.1 Å². The molecule has 8 heteroatoms. The van der Waals surface area contributed by atoms with Gasteiger partial charge in [-0.3, -0.25) is 14.5 Å². The van der Waals surface area contributed by atoms with Crippen LogP contribution in [-0.2, 0) is 11.4 Å². The second-order valence-electron chi connectivity index (χ2n) is 5.70. The molecule has 142 valence electrons. The Morgan fingerprint density at radius 3 is 2.36 bits per heavy atom. The highest BCUT2D eigenvalue weighted by molar-refractivity contribution is 9.11. The number of amides is 2. The van der Waals surface area contributed by atoms with Crippen LogP contribution in [0.15, 0.2) is 54.7 Å². The molecule has 0 atom stereocenters. The zero-order valence-corrected chi connectivity index (χ0v) is 19.8. The molecule has 0 unspecified atom stereocenters. The number of ether oxygens (including phenoxy) is 1. The van der Waals surface area contributed by atoms with Gasteiger partial charge in [0.15, 0.2) is 0 Å². The number of benzene rings is 2. The van der Waals surface area contributed by atoms with E-state index in [9.17, 15) is 9.59 Å². The van der Waals surface area contributed by atoms with Gasteiger partial charge in [-0.25, -0.2) is 0 Å². The van der Waals surface area contributed by atoms with Crippen LogP contribution < -0.4 is 4.74 Å². The maximum absolute atomic E-state index is 12.3. The van der Waals surface area contributed by atoms with Crippen molar-refractivity contribution >= 4 is 76.8 Å². The molecule has 1 heterocycles. The number of carbonyl (C=O) groups is 2. The van der Waals surface area contributed by atoms with Gasteiger partial charge in [-0.15, -0.1) is 6.42 Å². The van der Waals surface area contributed by atoms with Crippen molar-refractivity contribution in [2.75, 3.05) is 6.54 Å². The van der Waals surface area contributed by atoms with Crippen molar-refractivity contribution in [3.8, 4) is 18.1 Å². The molecule has 1 aliphatic heterocycles. The lowest BCUT2D eigenvalue weighted by Gasteiger charge is -2.12. The van der Waals surface area contributed by atoms with E-state index in [1.54, 1.807) is 6.08 Å². The summed E-state index contributed by atoms with van der Waals surface area (Å²) in [4.78, 5) is 25.6. The smallest absolute Gasteiger partial charge is 0.294 e. The molecule has 0 radical (unpaired) electrons. The highest BCUT2D eigenvalue weighted by atomic mass is 79.9. The minimum atomic E-state index is -0.379. The van der Waals surface area contributed by atoms with Gasteiger partial charge in [0.25, 0.3) is 11.1 Å². The molecule has 2 amide bonds. The molecular weight excluding hydrogens is 574 g/mol. The average molecular weight is 586 g/mol. The van der Waals surface area contributed by atoms with E-state index in [1.165, 1.54) is 0 Å². The van der Waals surface area contributed by atoms with Crippen LogP contribution in [-0.4, -0.2) is 22.6 Å². The Morgan fingerprint density at radius 1 is 1.11 bits per heavy atom. The van der Waals surface area contributed by atoms with Crippen molar-refractivity contribution in [1.29, 1.82) is 0 Å². The molecule has 1 aliphatic rings. The molecule has 4 nitrogen and oxygen atoms in total. The fraction of sp³-hybridized carbons (Fsp3) is 0.100. The highest BCUT2D eigenvalue weighted by Crippen LogP contribution is 2.38. The zero-order valence-electron chi connectivity index (χ0n) is 14.2. The van der Waals surface area contributed by atoms with E-state index < -0.39 is 0 Å². The van der Waals surface area contributed by atoms with Crippen molar-refractivity contribution in [3.63, 3.8) is 0 Å². The molecule has 1 fully saturated rings. The van der Waals surface area contributed by atoms with Gasteiger partial charge in [-0.2, -0.15) is 0 Å². The quantitative estimate of drug-likeness (QED) is 0.309. The second kappa shape index (κ2) is 9.31. The Morgan fingerprint density at radius 2 is 1.75 bits per heavy atom. The van der Waals surface area contributed by atoms with Crippen molar-refractivity contribution in [2.45, 2.75) is 6.61 Å². The maximum Gasteiger partial charge on any atom is 0.294 e. The van der Waals surface area contributed by atoms with Crippen molar-refractivity contribution in [2.24, 2.45) is 0 Å². The summed E-state index contributed by atoms with van der Waals surface area (Å²) in [5.41, 5.74) is 1.79. The lowest BCUT2D eigenvalue weighted by molar-refractivity contribution is -0.122. The molecule has 3 rings (SSSR count). The molecule has 1 saturated heterocycles. The normalized spacial score (nSPS) is 15.2. The van der Waals surface area contributed by atoms with Gasteiger partial charge in [0.1, 0.15) is 12.4 Å². The molecule has 0 spiro atoms. The van der Waals surface area contributed by atoms with E-state index in [-0.39, 0.29) is 17.7 Å². The third-order valence-corrected chi connectivity index (χ3v) is 6.35. The summed E-state index contributed by atoms with van der Waals surface area (Å²) >= 11 is 11.3. The van der Waals surface area contributed by atoms with Crippen LogP contribution in [0.2, 0.25) is 0 Å². The largest absolute Gasteiger partial charge is 0.487 e. The first-order valence-corrected chi connectivity index (χ1v) is 11.1. The summed E-state index contributed by atoms with van der Waals surface area (Å²) in [5.74, 6) is 2.60. The van der Waals surface area contributed by atoms with Gasteiger partial charge < -0.3 is 4.74 Å². The number of hydrogen-bond donors (Lipinski definition) is 0. The molecule has 28 heavy (non-hydrogen) atoms. The van der Waals surface area contributed by atoms with Crippen molar-refractivity contribution in [3.05, 3.63) is 65.8 Å². The van der Waals surface area contributed by atoms with Crippen molar-refractivity contribution in [1.82, 2.24) is 4.90 Å². The summed E-state index contributed by atoms with van der Waals surface area (Å²) < 4.78 is 8.39. The summed E-state index contributed by atoms with van der Waals surface area (Å²) in [6, 6.07) is 11.5. The summed E-state index contributed by atoms with van der Waals surface area (Å²) in [6.45, 7) is 0.382. The third kappa shape index (κ3) is 4.90. The Bertz CT molecular complexity index is 989. The predicted octanol–water partition coefficient (Wildman–Crippen LogP) is 6.22.